The van der Waals surface area contributed by atoms with E-state index in [1.165, 1.54) is 26.3 Å². The van der Waals surface area contributed by atoms with Crippen molar-refractivity contribution in [3.05, 3.63) is 102 Å². The highest BCUT2D eigenvalue weighted by molar-refractivity contribution is 7.07. The van der Waals surface area contributed by atoms with Crippen LogP contribution in [0.2, 0.25) is 19.6 Å². The topological polar surface area (TPSA) is 26.3 Å². The number of benzene rings is 3. The minimum absolute atomic E-state index is 0.136. The second-order valence-corrected chi connectivity index (χ2v) is 18.8. The molecule has 0 bridgehead atoms. The molecule has 33 heavy (non-hydrogen) atoms. The van der Waals surface area contributed by atoms with Gasteiger partial charge in [0.1, 0.15) is 0 Å². The van der Waals surface area contributed by atoms with E-state index >= 15 is 0 Å². The molecule has 3 aromatic rings. The van der Waals surface area contributed by atoms with Crippen molar-refractivity contribution in [3.8, 4) is 0 Å². The maximum atomic E-state index is 12.8. The van der Waals surface area contributed by atoms with Gasteiger partial charge in [-0.15, -0.1) is 0 Å². The molecule has 2 nitrogen and oxygen atoms in total. The van der Waals surface area contributed by atoms with E-state index in [-0.39, 0.29) is 6.10 Å². The van der Waals surface area contributed by atoms with Gasteiger partial charge < -0.3 is 4.43 Å². The smallest absolute Gasteiger partial charge is 0.288 e. The highest BCUT2D eigenvalue weighted by atomic mass is 28.4. The normalized spacial score (nSPS) is 20.9. The Balaban J connectivity index is 1.63. The first-order valence-corrected chi connectivity index (χ1v) is 17.4. The van der Waals surface area contributed by atoms with Crippen LogP contribution in [-0.4, -0.2) is 28.3 Å². The Bertz CT molecular complexity index is 1070. The molecule has 0 N–H and O–H groups in total. The quantitative estimate of drug-likeness (QED) is 0.391. The maximum Gasteiger partial charge on any atom is 0.288 e. The van der Waals surface area contributed by atoms with Gasteiger partial charge in [0.15, 0.2) is 5.78 Å². The fraction of sp³-hybridized carbons (Fsp3) is 0.276. The molecule has 0 saturated heterocycles. The Labute approximate surface area is 199 Å². The second-order valence-electron chi connectivity index (χ2n) is 10.4. The number of hydrogen-bond donors (Lipinski definition) is 0. The van der Waals surface area contributed by atoms with Crippen LogP contribution in [0.5, 0.6) is 0 Å². The standard InChI is InChI=1S/C29H32O2Si2/c1-32(2,3)29-27-21-23(19-22(27)20-28(29)30)31-33(24-13-7-4-8-14-24,25-15-9-5-10-16-25)26-17-11-6-12-18-26/h4-18,22-23H,19-21H2,1-3H3/t22-,23-/m1/s1. The lowest BCUT2D eigenvalue weighted by molar-refractivity contribution is -0.114. The predicted molar refractivity (Wildman–Crippen MR) is 142 cm³/mol. The van der Waals surface area contributed by atoms with E-state index in [1.807, 2.05) is 0 Å². The van der Waals surface area contributed by atoms with E-state index in [1.54, 1.807) is 0 Å². The molecular formula is C29H32O2Si2. The molecule has 2 aliphatic carbocycles. The van der Waals surface area contributed by atoms with Crippen molar-refractivity contribution in [3.63, 3.8) is 0 Å². The first-order chi connectivity index (χ1) is 15.9. The Morgan fingerprint density at radius 1 is 0.697 bits per heavy atom. The van der Waals surface area contributed by atoms with Crippen molar-refractivity contribution in [2.45, 2.75) is 45.0 Å². The van der Waals surface area contributed by atoms with Crippen LogP contribution >= 0.6 is 0 Å². The summed E-state index contributed by atoms with van der Waals surface area (Å²) in [4.78, 5) is 12.8. The SMILES string of the molecule is C[Si](C)(C)C1=C2C[C@H](O[Si](c3ccccc3)(c3ccccc3)c3ccccc3)C[C@@H]2CC1=O. The van der Waals surface area contributed by atoms with Crippen LogP contribution in [0.3, 0.4) is 0 Å². The van der Waals surface area contributed by atoms with E-state index < -0.39 is 16.4 Å². The fourth-order valence-corrected chi connectivity index (χ4v) is 12.2. The third-order valence-corrected chi connectivity index (χ3v) is 13.4. The molecule has 3 aromatic carbocycles. The average molecular weight is 469 g/mol. The van der Waals surface area contributed by atoms with Gasteiger partial charge in [-0.3, -0.25) is 4.79 Å². The van der Waals surface area contributed by atoms with E-state index in [9.17, 15) is 4.79 Å². The minimum Gasteiger partial charge on any atom is -0.401 e. The number of fused-ring (bicyclic) bond motifs is 1. The highest BCUT2D eigenvalue weighted by Crippen LogP contribution is 2.46. The van der Waals surface area contributed by atoms with Gasteiger partial charge in [-0.1, -0.05) is 116 Å². The molecule has 4 heteroatoms. The van der Waals surface area contributed by atoms with Crippen molar-refractivity contribution >= 4 is 37.7 Å². The van der Waals surface area contributed by atoms with E-state index in [0.29, 0.717) is 18.1 Å². The zero-order chi connectivity index (χ0) is 23.1. The Kier molecular flexibility index (Phi) is 5.85. The molecule has 2 aliphatic rings. The molecule has 0 spiro atoms. The van der Waals surface area contributed by atoms with Crippen LogP contribution in [0.1, 0.15) is 19.3 Å². The Hall–Kier alpha value is -2.54. The van der Waals surface area contributed by atoms with Crippen LogP contribution in [0.15, 0.2) is 102 Å². The maximum absolute atomic E-state index is 12.8. The third kappa shape index (κ3) is 4.01. The summed E-state index contributed by atoms with van der Waals surface area (Å²) in [6.07, 6.45) is 2.68. The van der Waals surface area contributed by atoms with E-state index in [4.69, 9.17) is 4.43 Å². The summed E-state index contributed by atoms with van der Waals surface area (Å²) in [7, 11) is -4.39. The number of ketones is 1. The summed E-state index contributed by atoms with van der Waals surface area (Å²) in [6.45, 7) is 6.92. The molecule has 0 unspecified atom stereocenters. The summed E-state index contributed by atoms with van der Waals surface area (Å²) < 4.78 is 7.40. The summed E-state index contributed by atoms with van der Waals surface area (Å²) in [5, 5.41) is 5.02. The molecule has 2 atom stereocenters. The Morgan fingerprint density at radius 3 is 1.58 bits per heavy atom. The molecule has 0 aromatic heterocycles. The summed E-state index contributed by atoms with van der Waals surface area (Å²) >= 11 is 0. The fourth-order valence-electron chi connectivity index (χ4n) is 5.93. The van der Waals surface area contributed by atoms with Crippen molar-refractivity contribution in [1.29, 1.82) is 0 Å². The van der Waals surface area contributed by atoms with Gasteiger partial charge >= 0.3 is 0 Å². The lowest BCUT2D eigenvalue weighted by Crippen LogP contribution is -2.70. The summed E-state index contributed by atoms with van der Waals surface area (Å²) in [5.41, 5.74) is 1.42. The van der Waals surface area contributed by atoms with Gasteiger partial charge in [0, 0.05) is 6.42 Å². The zero-order valence-electron chi connectivity index (χ0n) is 19.8. The Morgan fingerprint density at radius 2 is 1.15 bits per heavy atom. The molecule has 0 radical (unpaired) electrons. The number of Topliss-reactive ketones (excluding diaryl/α,β-unsaturated/α-hetero) is 1. The van der Waals surface area contributed by atoms with Gasteiger partial charge in [0.05, 0.1) is 14.2 Å². The van der Waals surface area contributed by atoms with Crippen molar-refractivity contribution in [2.24, 2.45) is 5.92 Å². The van der Waals surface area contributed by atoms with Crippen LogP contribution < -0.4 is 15.6 Å². The van der Waals surface area contributed by atoms with E-state index in [2.05, 4.69) is 111 Å². The highest BCUT2D eigenvalue weighted by Gasteiger charge is 2.49. The number of allylic oxidation sites excluding steroid dienone is 1. The lowest BCUT2D eigenvalue weighted by Gasteiger charge is -2.36. The first kappa shape index (κ1) is 22.3. The van der Waals surface area contributed by atoms with Crippen molar-refractivity contribution in [2.75, 3.05) is 0 Å². The molecule has 5 rings (SSSR count). The van der Waals surface area contributed by atoms with Gasteiger partial charge in [-0.25, -0.2) is 0 Å². The number of carbonyl (C=O) groups excluding carboxylic acids is 1. The lowest BCUT2D eigenvalue weighted by atomic mass is 10.1. The molecule has 0 amide bonds. The van der Waals surface area contributed by atoms with Gasteiger partial charge in [0.2, 0.25) is 0 Å². The molecule has 1 saturated carbocycles. The molecule has 0 heterocycles. The van der Waals surface area contributed by atoms with Crippen LogP contribution in [0.25, 0.3) is 0 Å². The largest absolute Gasteiger partial charge is 0.401 e. The first-order valence-electron chi connectivity index (χ1n) is 12.0. The van der Waals surface area contributed by atoms with E-state index in [0.717, 1.165) is 12.8 Å². The van der Waals surface area contributed by atoms with Gasteiger partial charge in [0.25, 0.3) is 8.32 Å². The van der Waals surface area contributed by atoms with Crippen molar-refractivity contribution < 1.29 is 9.22 Å². The van der Waals surface area contributed by atoms with Crippen LogP contribution in [0.4, 0.5) is 0 Å². The summed E-state index contributed by atoms with van der Waals surface area (Å²) in [5.74, 6) is 0.781. The van der Waals surface area contributed by atoms with Crippen LogP contribution in [0, 0.1) is 5.92 Å². The number of rotatable bonds is 6. The van der Waals surface area contributed by atoms with Crippen LogP contribution in [-0.2, 0) is 9.22 Å². The number of carbonyl (C=O) groups is 1. The molecular weight excluding hydrogens is 436 g/mol. The zero-order valence-corrected chi connectivity index (χ0v) is 21.8. The second kappa shape index (κ2) is 8.67. The summed E-state index contributed by atoms with van der Waals surface area (Å²) in [6, 6.07) is 32.4. The monoisotopic (exact) mass is 468 g/mol. The van der Waals surface area contributed by atoms with Crippen molar-refractivity contribution in [1.82, 2.24) is 0 Å². The predicted octanol–water partition coefficient (Wildman–Crippen LogP) is 4.60. The molecule has 1 fully saturated rings. The minimum atomic E-state index is -2.72. The molecule has 168 valence electrons. The third-order valence-electron chi connectivity index (χ3n) is 7.15. The van der Waals surface area contributed by atoms with Gasteiger partial charge in [-0.05, 0) is 39.5 Å². The number of hydrogen-bond acceptors (Lipinski definition) is 2. The molecule has 0 aliphatic heterocycles. The average Bonchev–Trinajstić information content (AvgIpc) is 3.34. The van der Waals surface area contributed by atoms with Gasteiger partial charge in [-0.2, -0.15) is 0 Å².